The monoisotopic (exact) mass is 361 g/mol. The zero-order valence-electron chi connectivity index (χ0n) is 14.5. The molecule has 0 unspecified atom stereocenters. The zero-order chi connectivity index (χ0) is 18.0. The lowest BCUT2D eigenvalue weighted by molar-refractivity contribution is -0.135. The van der Waals surface area contributed by atoms with Crippen molar-refractivity contribution in [3.63, 3.8) is 0 Å². The molecule has 3 rings (SSSR count). The van der Waals surface area contributed by atoms with Gasteiger partial charge in [-0.3, -0.25) is 14.4 Å². The average Bonchev–Trinajstić information content (AvgIpc) is 3.09. The molecule has 6 nitrogen and oxygen atoms in total. The third-order valence-corrected chi connectivity index (χ3v) is 6.22. The van der Waals surface area contributed by atoms with E-state index >= 15 is 0 Å². The molecule has 25 heavy (non-hydrogen) atoms. The van der Waals surface area contributed by atoms with Crippen LogP contribution in [0.25, 0.3) is 0 Å². The molecule has 2 aliphatic heterocycles. The molecule has 0 saturated carbocycles. The van der Waals surface area contributed by atoms with Crippen LogP contribution < -0.4 is 10.6 Å². The fourth-order valence-electron chi connectivity index (χ4n) is 3.35. The Hall–Kier alpha value is -2.02. The van der Waals surface area contributed by atoms with Gasteiger partial charge < -0.3 is 15.5 Å². The molecule has 2 atom stereocenters. The van der Waals surface area contributed by atoms with Crippen molar-refractivity contribution in [2.75, 3.05) is 17.6 Å². The van der Waals surface area contributed by atoms with Gasteiger partial charge in [0.2, 0.25) is 11.8 Å². The minimum Gasteiger partial charge on any atom is -0.352 e. The molecular formula is C18H23N3O3S. The fourth-order valence-corrected chi connectivity index (χ4v) is 4.79. The van der Waals surface area contributed by atoms with Gasteiger partial charge >= 0.3 is 0 Å². The van der Waals surface area contributed by atoms with Gasteiger partial charge in [0.15, 0.2) is 0 Å². The van der Waals surface area contributed by atoms with Gasteiger partial charge in [-0.25, -0.2) is 0 Å². The summed E-state index contributed by atoms with van der Waals surface area (Å²) in [6.07, 6.45) is 2.11. The molecule has 0 spiro atoms. The summed E-state index contributed by atoms with van der Waals surface area (Å²) in [5.41, 5.74) is 0.914. The number of benzene rings is 1. The SMILES string of the molecule is CCCNC(=O)c1ccccc1NC(=O)[C@@H]1CS[C@@]2(C)CCC(=O)N12. The molecule has 7 heteroatoms. The molecule has 0 radical (unpaired) electrons. The lowest BCUT2D eigenvalue weighted by Crippen LogP contribution is -2.48. The zero-order valence-corrected chi connectivity index (χ0v) is 15.3. The summed E-state index contributed by atoms with van der Waals surface area (Å²) in [5, 5.41) is 5.68. The number of carbonyl (C=O) groups is 3. The number of thioether (sulfide) groups is 1. The predicted molar refractivity (Wildman–Crippen MR) is 98.4 cm³/mol. The number of nitrogens with one attached hydrogen (secondary N) is 2. The molecule has 2 N–H and O–H groups in total. The van der Waals surface area contributed by atoms with Gasteiger partial charge in [0.05, 0.1) is 16.1 Å². The summed E-state index contributed by atoms with van der Waals surface area (Å²) < 4.78 is 0. The van der Waals surface area contributed by atoms with E-state index in [4.69, 9.17) is 0 Å². The van der Waals surface area contributed by atoms with Crippen LogP contribution in [0.2, 0.25) is 0 Å². The smallest absolute Gasteiger partial charge is 0.253 e. The van der Waals surface area contributed by atoms with Crippen LogP contribution in [0.4, 0.5) is 5.69 Å². The number of anilines is 1. The molecule has 3 amide bonds. The second-order valence-corrected chi connectivity index (χ2v) is 8.06. The van der Waals surface area contributed by atoms with E-state index < -0.39 is 6.04 Å². The number of fused-ring (bicyclic) bond motifs is 1. The molecule has 2 saturated heterocycles. The van der Waals surface area contributed by atoms with Crippen molar-refractivity contribution in [2.24, 2.45) is 0 Å². The predicted octanol–water partition coefficient (Wildman–Crippen LogP) is 2.22. The highest BCUT2D eigenvalue weighted by atomic mass is 32.2. The quantitative estimate of drug-likeness (QED) is 0.843. The number of hydrogen-bond donors (Lipinski definition) is 2. The van der Waals surface area contributed by atoms with E-state index in [0.717, 1.165) is 12.8 Å². The van der Waals surface area contributed by atoms with Gasteiger partial charge in [0.25, 0.3) is 5.91 Å². The Bertz CT molecular complexity index is 709. The van der Waals surface area contributed by atoms with Gasteiger partial charge in [-0.1, -0.05) is 19.1 Å². The van der Waals surface area contributed by atoms with E-state index in [0.29, 0.717) is 30.0 Å². The highest BCUT2D eigenvalue weighted by Gasteiger charge is 2.52. The Morgan fingerprint density at radius 2 is 2.12 bits per heavy atom. The first-order valence-electron chi connectivity index (χ1n) is 8.60. The lowest BCUT2D eigenvalue weighted by Gasteiger charge is -2.30. The van der Waals surface area contributed by atoms with Crippen molar-refractivity contribution in [1.29, 1.82) is 0 Å². The lowest BCUT2D eigenvalue weighted by atomic mass is 10.1. The number of para-hydroxylation sites is 1. The largest absolute Gasteiger partial charge is 0.352 e. The van der Waals surface area contributed by atoms with E-state index in [9.17, 15) is 14.4 Å². The highest BCUT2D eigenvalue weighted by Crippen LogP contribution is 2.47. The molecule has 0 aromatic heterocycles. The molecule has 2 heterocycles. The number of rotatable bonds is 5. The van der Waals surface area contributed by atoms with Crippen LogP contribution in [0, 0.1) is 0 Å². The normalized spacial score (nSPS) is 25.0. The van der Waals surface area contributed by atoms with Crippen LogP contribution in [0.5, 0.6) is 0 Å². The van der Waals surface area contributed by atoms with E-state index in [1.54, 1.807) is 40.9 Å². The molecule has 1 aromatic rings. The number of carbonyl (C=O) groups excluding carboxylic acids is 3. The molecule has 1 aromatic carbocycles. The first-order chi connectivity index (χ1) is 12.0. The third-order valence-electron chi connectivity index (χ3n) is 4.71. The van der Waals surface area contributed by atoms with E-state index in [1.165, 1.54) is 0 Å². The molecule has 2 fully saturated rings. The first kappa shape index (κ1) is 17.8. The number of nitrogens with zero attached hydrogens (tertiary/aromatic N) is 1. The summed E-state index contributed by atoms with van der Waals surface area (Å²) in [6, 6.07) is 6.46. The van der Waals surface area contributed by atoms with Gasteiger partial charge in [0, 0.05) is 18.7 Å². The Labute approximate surface area is 151 Å². The fraction of sp³-hybridized carbons (Fsp3) is 0.500. The summed E-state index contributed by atoms with van der Waals surface area (Å²) in [7, 11) is 0. The van der Waals surface area contributed by atoms with Crippen LogP contribution >= 0.6 is 11.8 Å². The third kappa shape index (κ3) is 3.38. The number of hydrogen-bond acceptors (Lipinski definition) is 4. The van der Waals surface area contributed by atoms with Crippen LogP contribution in [0.1, 0.15) is 43.5 Å². The maximum atomic E-state index is 12.8. The summed E-state index contributed by atoms with van der Waals surface area (Å²) in [6.45, 7) is 4.58. The standard InChI is InChI=1S/C18H23N3O3S/c1-3-10-19-16(23)12-6-4-5-7-13(12)20-17(24)14-11-25-18(2)9-8-15(22)21(14)18/h4-7,14H,3,8-11H2,1-2H3,(H,19,23)(H,20,24)/t14-,18-/m0/s1. The maximum Gasteiger partial charge on any atom is 0.253 e. The van der Waals surface area contributed by atoms with Gasteiger partial charge in [-0.15, -0.1) is 11.8 Å². The van der Waals surface area contributed by atoms with Crippen molar-refractivity contribution in [1.82, 2.24) is 10.2 Å². The van der Waals surface area contributed by atoms with Crippen molar-refractivity contribution >= 4 is 35.2 Å². The van der Waals surface area contributed by atoms with E-state index in [2.05, 4.69) is 10.6 Å². The average molecular weight is 361 g/mol. The minimum atomic E-state index is -0.489. The van der Waals surface area contributed by atoms with Crippen LogP contribution in [0.3, 0.4) is 0 Å². The van der Waals surface area contributed by atoms with Crippen molar-refractivity contribution in [3.8, 4) is 0 Å². The Kier molecular flexibility index (Phi) is 5.03. The maximum absolute atomic E-state index is 12.8. The topological polar surface area (TPSA) is 78.5 Å². The Balaban J connectivity index is 1.76. The minimum absolute atomic E-state index is 0.0293. The van der Waals surface area contributed by atoms with Crippen LogP contribution in [-0.4, -0.2) is 45.8 Å². The summed E-state index contributed by atoms with van der Waals surface area (Å²) in [5.74, 6) is 0.169. The Morgan fingerprint density at radius 1 is 1.36 bits per heavy atom. The molecule has 0 bridgehead atoms. The molecule has 0 aliphatic carbocycles. The molecule has 2 aliphatic rings. The van der Waals surface area contributed by atoms with Crippen LogP contribution in [-0.2, 0) is 9.59 Å². The summed E-state index contributed by atoms with van der Waals surface area (Å²) in [4.78, 5) is 38.7. The number of amides is 3. The van der Waals surface area contributed by atoms with Crippen LogP contribution in [0.15, 0.2) is 24.3 Å². The van der Waals surface area contributed by atoms with E-state index in [1.807, 2.05) is 13.8 Å². The molecular weight excluding hydrogens is 338 g/mol. The second kappa shape index (κ2) is 7.07. The van der Waals surface area contributed by atoms with E-state index in [-0.39, 0.29) is 22.6 Å². The van der Waals surface area contributed by atoms with Gasteiger partial charge in [0.1, 0.15) is 6.04 Å². The Morgan fingerprint density at radius 3 is 2.88 bits per heavy atom. The van der Waals surface area contributed by atoms with Crippen molar-refractivity contribution < 1.29 is 14.4 Å². The van der Waals surface area contributed by atoms with Gasteiger partial charge in [-0.05, 0) is 31.9 Å². The summed E-state index contributed by atoms with van der Waals surface area (Å²) >= 11 is 1.65. The highest BCUT2D eigenvalue weighted by molar-refractivity contribution is 8.01. The van der Waals surface area contributed by atoms with Crippen molar-refractivity contribution in [2.45, 2.75) is 44.0 Å². The first-order valence-corrected chi connectivity index (χ1v) is 9.59. The molecule has 134 valence electrons. The van der Waals surface area contributed by atoms with Crippen molar-refractivity contribution in [3.05, 3.63) is 29.8 Å². The second-order valence-electron chi connectivity index (χ2n) is 6.56. The van der Waals surface area contributed by atoms with Gasteiger partial charge in [-0.2, -0.15) is 0 Å².